The van der Waals surface area contributed by atoms with Crippen LogP contribution in [0.2, 0.25) is 0 Å². The molecule has 1 aromatic heterocycles. The number of thiophene rings is 1. The van der Waals surface area contributed by atoms with Gasteiger partial charge in [0.05, 0.1) is 6.04 Å². The second-order valence-corrected chi connectivity index (χ2v) is 6.98. The highest BCUT2D eigenvalue weighted by Gasteiger charge is 2.32. The van der Waals surface area contributed by atoms with Crippen LogP contribution >= 0.6 is 11.3 Å². The van der Waals surface area contributed by atoms with Gasteiger partial charge in [-0.25, -0.2) is 0 Å². The van der Waals surface area contributed by atoms with Crippen molar-refractivity contribution in [3.05, 3.63) is 22.4 Å². The van der Waals surface area contributed by atoms with Gasteiger partial charge in [-0.05, 0) is 29.7 Å². The summed E-state index contributed by atoms with van der Waals surface area (Å²) in [5, 5.41) is 2.10. The number of hydrogen-bond donors (Lipinski definition) is 0. The van der Waals surface area contributed by atoms with E-state index >= 15 is 0 Å². The Kier molecular flexibility index (Phi) is 3.57. The van der Waals surface area contributed by atoms with Crippen LogP contribution in [-0.2, 0) is 4.79 Å². The van der Waals surface area contributed by atoms with E-state index < -0.39 is 0 Å². The smallest absolute Gasteiger partial charge is 0.223 e. The number of carbonyl (C=O) groups excluding carboxylic acids is 1. The zero-order valence-electron chi connectivity index (χ0n) is 10.9. The molecule has 0 aromatic carbocycles. The first kappa shape index (κ1) is 12.6. The fourth-order valence-electron chi connectivity index (χ4n) is 2.40. The van der Waals surface area contributed by atoms with Gasteiger partial charge in [0.2, 0.25) is 5.91 Å². The van der Waals surface area contributed by atoms with Crippen LogP contribution in [-0.4, -0.2) is 17.4 Å². The van der Waals surface area contributed by atoms with Crippen molar-refractivity contribution < 1.29 is 4.79 Å². The summed E-state index contributed by atoms with van der Waals surface area (Å²) in [4.78, 5) is 15.7. The Morgan fingerprint density at radius 3 is 2.88 bits per heavy atom. The Balaban J connectivity index is 2.07. The highest BCUT2D eigenvalue weighted by Crippen LogP contribution is 2.36. The number of nitrogens with zero attached hydrogens (tertiary/aromatic N) is 1. The molecule has 0 aliphatic carbocycles. The van der Waals surface area contributed by atoms with Gasteiger partial charge in [-0.1, -0.05) is 26.8 Å². The summed E-state index contributed by atoms with van der Waals surface area (Å²) in [6.07, 6.45) is 2.91. The molecule has 2 heterocycles. The fourth-order valence-corrected chi connectivity index (χ4v) is 3.27. The van der Waals surface area contributed by atoms with E-state index in [2.05, 4.69) is 43.2 Å². The van der Waals surface area contributed by atoms with Crippen molar-refractivity contribution in [2.45, 2.75) is 46.1 Å². The molecular formula is C14H21NOS. The molecule has 3 heteroatoms. The fraction of sp³-hybridized carbons (Fsp3) is 0.643. The van der Waals surface area contributed by atoms with Gasteiger partial charge in [0.25, 0.3) is 0 Å². The molecule has 1 aromatic rings. The lowest BCUT2D eigenvalue weighted by atomic mass is 9.91. The van der Waals surface area contributed by atoms with Gasteiger partial charge in [-0.15, -0.1) is 11.3 Å². The molecule has 1 amide bonds. The molecule has 1 aliphatic rings. The molecule has 1 atom stereocenters. The van der Waals surface area contributed by atoms with Crippen molar-refractivity contribution >= 4 is 17.2 Å². The number of carbonyl (C=O) groups is 1. The van der Waals surface area contributed by atoms with Gasteiger partial charge in [-0.2, -0.15) is 0 Å². The number of rotatable bonds is 2. The third kappa shape index (κ3) is 3.09. The van der Waals surface area contributed by atoms with Crippen molar-refractivity contribution in [3.8, 4) is 0 Å². The van der Waals surface area contributed by atoms with Gasteiger partial charge in [0, 0.05) is 17.8 Å². The summed E-state index contributed by atoms with van der Waals surface area (Å²) in [7, 11) is 0. The van der Waals surface area contributed by atoms with Gasteiger partial charge in [0.1, 0.15) is 0 Å². The van der Waals surface area contributed by atoms with Gasteiger partial charge in [-0.3, -0.25) is 4.79 Å². The van der Waals surface area contributed by atoms with E-state index in [1.54, 1.807) is 11.3 Å². The standard InChI is InChI=1S/C14H21NOS/c1-14(2,3)10-13(16)15-8-4-6-11(15)12-7-5-9-17-12/h5,7,9,11H,4,6,8,10H2,1-3H3. The number of likely N-dealkylation sites (tertiary alicyclic amines) is 1. The van der Waals surface area contributed by atoms with Crippen LogP contribution < -0.4 is 0 Å². The van der Waals surface area contributed by atoms with E-state index in [9.17, 15) is 4.79 Å². The first-order valence-electron chi connectivity index (χ1n) is 6.30. The minimum Gasteiger partial charge on any atom is -0.335 e. The van der Waals surface area contributed by atoms with Crippen molar-refractivity contribution in [2.24, 2.45) is 5.41 Å². The minimum atomic E-state index is 0.0830. The van der Waals surface area contributed by atoms with Crippen LogP contribution in [0.15, 0.2) is 17.5 Å². The molecule has 2 rings (SSSR count). The van der Waals surface area contributed by atoms with Crippen molar-refractivity contribution in [3.63, 3.8) is 0 Å². The molecule has 2 nitrogen and oxygen atoms in total. The molecule has 0 bridgehead atoms. The molecule has 1 fully saturated rings. The topological polar surface area (TPSA) is 20.3 Å². The Hall–Kier alpha value is -0.830. The molecule has 0 spiro atoms. The molecule has 0 saturated carbocycles. The lowest BCUT2D eigenvalue weighted by molar-refractivity contribution is -0.134. The van der Waals surface area contributed by atoms with E-state index in [0.29, 0.717) is 18.4 Å². The molecule has 1 saturated heterocycles. The maximum absolute atomic E-state index is 12.3. The van der Waals surface area contributed by atoms with Crippen LogP contribution in [0.1, 0.15) is 51.0 Å². The van der Waals surface area contributed by atoms with E-state index in [4.69, 9.17) is 0 Å². The Morgan fingerprint density at radius 1 is 1.53 bits per heavy atom. The Bertz CT molecular complexity index is 377. The molecule has 0 radical (unpaired) electrons. The summed E-state index contributed by atoms with van der Waals surface area (Å²) >= 11 is 1.77. The summed E-state index contributed by atoms with van der Waals surface area (Å²) in [6.45, 7) is 7.31. The van der Waals surface area contributed by atoms with E-state index in [-0.39, 0.29) is 5.41 Å². The summed E-state index contributed by atoms with van der Waals surface area (Å²) in [5.74, 6) is 0.313. The molecule has 1 aliphatic heterocycles. The quantitative estimate of drug-likeness (QED) is 0.782. The first-order chi connectivity index (χ1) is 7.97. The molecular weight excluding hydrogens is 230 g/mol. The minimum absolute atomic E-state index is 0.0830. The molecule has 1 unspecified atom stereocenters. The monoisotopic (exact) mass is 251 g/mol. The summed E-state index contributed by atoms with van der Waals surface area (Å²) in [5.41, 5.74) is 0.0830. The predicted octanol–water partition coefficient (Wildman–Crippen LogP) is 3.85. The van der Waals surface area contributed by atoms with Gasteiger partial charge < -0.3 is 4.90 Å². The SMILES string of the molecule is CC(C)(C)CC(=O)N1CCCC1c1cccs1. The van der Waals surface area contributed by atoms with Crippen LogP contribution in [0.5, 0.6) is 0 Å². The zero-order valence-corrected chi connectivity index (χ0v) is 11.7. The highest BCUT2D eigenvalue weighted by atomic mass is 32.1. The van der Waals surface area contributed by atoms with Crippen LogP contribution in [0, 0.1) is 5.41 Å². The van der Waals surface area contributed by atoms with Crippen LogP contribution in [0.3, 0.4) is 0 Å². The zero-order chi connectivity index (χ0) is 12.5. The lowest BCUT2D eigenvalue weighted by Crippen LogP contribution is -2.32. The lowest BCUT2D eigenvalue weighted by Gasteiger charge is -2.27. The van der Waals surface area contributed by atoms with Gasteiger partial charge in [0.15, 0.2) is 0 Å². The van der Waals surface area contributed by atoms with Crippen molar-refractivity contribution in [1.29, 1.82) is 0 Å². The van der Waals surface area contributed by atoms with Crippen LogP contribution in [0.4, 0.5) is 0 Å². The predicted molar refractivity (Wildman–Crippen MR) is 72.1 cm³/mol. The normalized spacial score (nSPS) is 20.9. The van der Waals surface area contributed by atoms with E-state index in [1.807, 2.05) is 0 Å². The van der Waals surface area contributed by atoms with E-state index in [1.165, 1.54) is 4.88 Å². The van der Waals surface area contributed by atoms with Crippen molar-refractivity contribution in [1.82, 2.24) is 4.90 Å². The summed E-state index contributed by atoms with van der Waals surface area (Å²) < 4.78 is 0. The van der Waals surface area contributed by atoms with E-state index in [0.717, 1.165) is 19.4 Å². The van der Waals surface area contributed by atoms with Crippen LogP contribution in [0.25, 0.3) is 0 Å². The Morgan fingerprint density at radius 2 is 2.29 bits per heavy atom. The maximum Gasteiger partial charge on any atom is 0.223 e. The second kappa shape index (κ2) is 4.81. The number of amides is 1. The Labute approximate surface area is 108 Å². The molecule has 17 heavy (non-hydrogen) atoms. The average molecular weight is 251 g/mol. The number of hydrogen-bond acceptors (Lipinski definition) is 2. The highest BCUT2D eigenvalue weighted by molar-refractivity contribution is 7.10. The maximum atomic E-state index is 12.3. The second-order valence-electron chi connectivity index (χ2n) is 6.00. The first-order valence-corrected chi connectivity index (χ1v) is 7.18. The third-order valence-corrected chi connectivity index (χ3v) is 4.10. The average Bonchev–Trinajstić information content (AvgIpc) is 2.85. The molecule has 94 valence electrons. The molecule has 0 N–H and O–H groups in total. The summed E-state index contributed by atoms with van der Waals surface area (Å²) in [6, 6.07) is 4.56. The largest absolute Gasteiger partial charge is 0.335 e. The van der Waals surface area contributed by atoms with Crippen molar-refractivity contribution in [2.75, 3.05) is 6.54 Å². The van der Waals surface area contributed by atoms with Gasteiger partial charge >= 0.3 is 0 Å². The third-order valence-electron chi connectivity index (χ3n) is 3.13.